The van der Waals surface area contributed by atoms with Crippen molar-refractivity contribution < 1.29 is 9.53 Å². The van der Waals surface area contributed by atoms with Crippen LogP contribution in [0.2, 0.25) is 0 Å². The topological polar surface area (TPSA) is 68.2 Å². The van der Waals surface area contributed by atoms with Gasteiger partial charge in [0.05, 0.1) is 29.3 Å². The Morgan fingerprint density at radius 1 is 1.06 bits per heavy atom. The second-order valence-electron chi connectivity index (χ2n) is 8.19. The molecule has 1 aliphatic rings. The zero-order valence-electron chi connectivity index (χ0n) is 18.9. The van der Waals surface area contributed by atoms with Crippen LogP contribution in [0.15, 0.2) is 84.1 Å². The lowest BCUT2D eigenvalue weighted by Gasteiger charge is -2.31. The highest BCUT2D eigenvalue weighted by molar-refractivity contribution is 6.06. The molecular weight excluding hydrogens is 412 g/mol. The number of allylic oxidation sites excluding steroid dienone is 1. The number of para-hydroxylation sites is 2. The van der Waals surface area contributed by atoms with Crippen molar-refractivity contribution in [3.8, 4) is 5.75 Å². The molecule has 33 heavy (non-hydrogen) atoms. The molecule has 2 N–H and O–H groups in total. The van der Waals surface area contributed by atoms with E-state index in [1.165, 1.54) is 0 Å². The van der Waals surface area contributed by atoms with E-state index in [1.807, 2.05) is 68.4 Å². The lowest BCUT2D eigenvalue weighted by atomic mass is 9.93. The number of ether oxygens (including phenoxy) is 1. The molecule has 0 bridgehead atoms. The number of hydrogen-bond donors (Lipinski definition) is 2. The molecule has 1 atom stereocenters. The van der Waals surface area contributed by atoms with E-state index in [4.69, 9.17) is 9.72 Å². The van der Waals surface area contributed by atoms with Crippen LogP contribution >= 0.6 is 0 Å². The Bertz CT molecular complexity index is 1370. The van der Waals surface area contributed by atoms with Crippen molar-refractivity contribution in [3.05, 3.63) is 95.2 Å². The van der Waals surface area contributed by atoms with Crippen LogP contribution < -0.4 is 15.4 Å². The number of rotatable bonds is 5. The molecule has 3 aromatic carbocycles. The first-order valence-electron chi connectivity index (χ1n) is 11.1. The van der Waals surface area contributed by atoms with E-state index in [0.29, 0.717) is 17.9 Å². The Hall–Kier alpha value is -4.06. The summed E-state index contributed by atoms with van der Waals surface area (Å²) in [7, 11) is 0. The third kappa shape index (κ3) is 3.84. The summed E-state index contributed by atoms with van der Waals surface area (Å²) < 4.78 is 7.63. The summed E-state index contributed by atoms with van der Waals surface area (Å²) >= 11 is 0. The first-order chi connectivity index (χ1) is 16.0. The normalized spacial score (nSPS) is 15.2. The molecule has 6 nitrogen and oxygen atoms in total. The smallest absolute Gasteiger partial charge is 0.255 e. The van der Waals surface area contributed by atoms with Gasteiger partial charge in [-0.3, -0.25) is 9.36 Å². The molecule has 1 aliphatic heterocycles. The van der Waals surface area contributed by atoms with Crippen molar-refractivity contribution in [2.45, 2.75) is 26.8 Å². The number of nitrogens with zero attached hydrogens (tertiary/aromatic N) is 2. The molecule has 0 fully saturated rings. The summed E-state index contributed by atoms with van der Waals surface area (Å²) in [6.45, 7) is 6.54. The van der Waals surface area contributed by atoms with Gasteiger partial charge in [-0.15, -0.1) is 0 Å². The summed E-state index contributed by atoms with van der Waals surface area (Å²) in [6.07, 6.45) is 0. The van der Waals surface area contributed by atoms with Gasteiger partial charge in [0.1, 0.15) is 5.75 Å². The van der Waals surface area contributed by atoms with Crippen LogP contribution in [0.3, 0.4) is 0 Å². The number of carbonyl (C=O) groups is 1. The van der Waals surface area contributed by atoms with E-state index in [2.05, 4.69) is 40.3 Å². The number of benzene rings is 3. The maximum atomic E-state index is 13.7. The summed E-state index contributed by atoms with van der Waals surface area (Å²) in [5.41, 5.74) is 6.20. The van der Waals surface area contributed by atoms with Crippen LogP contribution in [-0.2, 0) is 4.79 Å². The van der Waals surface area contributed by atoms with Crippen LogP contribution in [0, 0.1) is 6.92 Å². The Kier molecular flexibility index (Phi) is 5.34. The Morgan fingerprint density at radius 3 is 2.61 bits per heavy atom. The molecule has 0 spiro atoms. The van der Waals surface area contributed by atoms with Gasteiger partial charge in [0.25, 0.3) is 5.91 Å². The SMILES string of the molecule is CCOc1ccc(NC(=O)C2=C(C)Nc3nc4ccccc4n3[C@@H]2c2cccc(C)c2)cc1. The third-order valence-electron chi connectivity index (χ3n) is 5.86. The van der Waals surface area contributed by atoms with Crippen LogP contribution in [0.25, 0.3) is 11.0 Å². The summed E-state index contributed by atoms with van der Waals surface area (Å²) in [5, 5.41) is 6.43. The van der Waals surface area contributed by atoms with E-state index in [-0.39, 0.29) is 11.9 Å². The van der Waals surface area contributed by atoms with Crippen molar-refractivity contribution >= 4 is 28.6 Å². The predicted octanol–water partition coefficient (Wildman–Crippen LogP) is 5.67. The van der Waals surface area contributed by atoms with Crippen molar-refractivity contribution in [1.29, 1.82) is 0 Å². The average Bonchev–Trinajstić information content (AvgIpc) is 3.17. The highest BCUT2D eigenvalue weighted by atomic mass is 16.5. The summed E-state index contributed by atoms with van der Waals surface area (Å²) in [6, 6.07) is 23.4. The Morgan fingerprint density at radius 2 is 1.85 bits per heavy atom. The van der Waals surface area contributed by atoms with Crippen LogP contribution in [0.5, 0.6) is 5.75 Å². The van der Waals surface area contributed by atoms with Crippen molar-refractivity contribution in [2.75, 3.05) is 17.2 Å². The minimum Gasteiger partial charge on any atom is -0.494 e. The molecule has 5 rings (SSSR count). The number of aromatic nitrogens is 2. The monoisotopic (exact) mass is 438 g/mol. The highest BCUT2D eigenvalue weighted by Gasteiger charge is 2.34. The number of hydrogen-bond acceptors (Lipinski definition) is 4. The molecular formula is C27H26N4O2. The standard InChI is InChI=1S/C27H26N4O2/c1-4-33-21-14-12-20(13-15-21)29-26(32)24-18(3)28-27-30-22-10-5-6-11-23(22)31(27)25(24)19-9-7-8-17(2)16-19/h5-16,25H,4H2,1-3H3,(H,28,30)(H,29,32)/t25-/m1/s1. The van der Waals surface area contributed by atoms with Gasteiger partial charge >= 0.3 is 0 Å². The van der Waals surface area contributed by atoms with Gasteiger partial charge in [-0.05, 0) is 62.7 Å². The second-order valence-corrected chi connectivity index (χ2v) is 8.19. The lowest BCUT2D eigenvalue weighted by Crippen LogP contribution is -2.31. The zero-order chi connectivity index (χ0) is 22.9. The molecule has 0 radical (unpaired) electrons. The molecule has 1 amide bonds. The number of carbonyl (C=O) groups excluding carboxylic acids is 1. The van der Waals surface area contributed by atoms with E-state index in [9.17, 15) is 4.79 Å². The average molecular weight is 439 g/mol. The number of imidazole rings is 1. The molecule has 0 unspecified atom stereocenters. The molecule has 0 aliphatic carbocycles. The minimum absolute atomic E-state index is 0.154. The van der Waals surface area contributed by atoms with Gasteiger partial charge in [-0.2, -0.15) is 0 Å². The van der Waals surface area contributed by atoms with E-state index < -0.39 is 0 Å². The van der Waals surface area contributed by atoms with Gasteiger partial charge in [-0.1, -0.05) is 42.0 Å². The molecule has 0 saturated heterocycles. The fourth-order valence-electron chi connectivity index (χ4n) is 4.41. The number of anilines is 2. The first-order valence-corrected chi connectivity index (χ1v) is 11.1. The molecule has 0 saturated carbocycles. The van der Waals surface area contributed by atoms with Crippen LogP contribution in [-0.4, -0.2) is 22.1 Å². The first kappa shape index (κ1) is 20.8. The largest absolute Gasteiger partial charge is 0.494 e. The van der Waals surface area contributed by atoms with Gasteiger partial charge in [-0.25, -0.2) is 4.98 Å². The van der Waals surface area contributed by atoms with Gasteiger partial charge < -0.3 is 15.4 Å². The Balaban J connectivity index is 1.59. The maximum Gasteiger partial charge on any atom is 0.255 e. The quantitative estimate of drug-likeness (QED) is 0.421. The maximum absolute atomic E-state index is 13.7. The van der Waals surface area contributed by atoms with Gasteiger partial charge in [0, 0.05) is 11.4 Å². The zero-order valence-corrected chi connectivity index (χ0v) is 18.9. The Labute approximate surface area is 192 Å². The third-order valence-corrected chi connectivity index (χ3v) is 5.86. The van der Waals surface area contributed by atoms with E-state index >= 15 is 0 Å². The number of fused-ring (bicyclic) bond motifs is 3. The van der Waals surface area contributed by atoms with Crippen LogP contribution in [0.4, 0.5) is 11.6 Å². The number of aryl methyl sites for hydroxylation is 1. The van der Waals surface area contributed by atoms with Crippen molar-refractivity contribution in [3.63, 3.8) is 0 Å². The van der Waals surface area contributed by atoms with Crippen LogP contribution in [0.1, 0.15) is 31.0 Å². The fraction of sp³-hybridized carbons (Fsp3) is 0.185. The van der Waals surface area contributed by atoms with Gasteiger partial charge in [0.15, 0.2) is 0 Å². The number of nitrogens with one attached hydrogen (secondary N) is 2. The molecule has 166 valence electrons. The second kappa shape index (κ2) is 8.47. The van der Waals surface area contributed by atoms with Crippen molar-refractivity contribution in [1.82, 2.24) is 9.55 Å². The molecule has 6 heteroatoms. The fourth-order valence-corrected chi connectivity index (χ4v) is 4.41. The highest BCUT2D eigenvalue weighted by Crippen LogP contribution is 2.39. The van der Waals surface area contributed by atoms with Gasteiger partial charge in [0.2, 0.25) is 5.95 Å². The van der Waals surface area contributed by atoms with E-state index in [1.54, 1.807) is 0 Å². The van der Waals surface area contributed by atoms with Crippen molar-refractivity contribution in [2.24, 2.45) is 0 Å². The number of amides is 1. The summed E-state index contributed by atoms with van der Waals surface area (Å²) in [5.74, 6) is 1.36. The summed E-state index contributed by atoms with van der Waals surface area (Å²) in [4.78, 5) is 18.4. The lowest BCUT2D eigenvalue weighted by molar-refractivity contribution is -0.113. The molecule has 2 heterocycles. The van der Waals surface area contributed by atoms with E-state index in [0.717, 1.165) is 39.6 Å². The molecule has 1 aromatic heterocycles. The minimum atomic E-state index is -0.309. The molecule has 4 aromatic rings. The predicted molar refractivity (Wildman–Crippen MR) is 132 cm³/mol.